The topological polar surface area (TPSA) is 68.4 Å². The van der Waals surface area contributed by atoms with Gasteiger partial charge in [0, 0.05) is 18.1 Å². The van der Waals surface area contributed by atoms with Crippen LogP contribution in [0.25, 0.3) is 11.5 Å². The lowest BCUT2D eigenvalue weighted by Gasteiger charge is -2.16. The highest BCUT2D eigenvalue weighted by Crippen LogP contribution is 2.26. The van der Waals surface area contributed by atoms with Gasteiger partial charge < -0.3 is 14.4 Å². The number of benzene rings is 1. The maximum atomic E-state index is 9.84. The minimum atomic E-state index is -0.657. The largest absolute Gasteiger partial charge is 0.390 e. The first kappa shape index (κ1) is 15.2. The summed E-state index contributed by atoms with van der Waals surface area (Å²) in [6, 6.07) is 8.05. The molecule has 22 heavy (non-hydrogen) atoms. The number of rotatable bonds is 5. The van der Waals surface area contributed by atoms with Crippen molar-refractivity contribution in [2.45, 2.75) is 44.6 Å². The summed E-state index contributed by atoms with van der Waals surface area (Å²) in [5, 5.41) is 13.9. The van der Waals surface area contributed by atoms with Crippen molar-refractivity contribution in [2.75, 3.05) is 13.2 Å². The summed E-state index contributed by atoms with van der Waals surface area (Å²) >= 11 is 0. The van der Waals surface area contributed by atoms with E-state index in [2.05, 4.69) is 16.2 Å². The van der Waals surface area contributed by atoms with Crippen LogP contribution in [0.1, 0.15) is 44.0 Å². The van der Waals surface area contributed by atoms with E-state index in [0.29, 0.717) is 18.9 Å². The van der Waals surface area contributed by atoms with Crippen LogP contribution in [0.15, 0.2) is 28.8 Å². The van der Waals surface area contributed by atoms with Crippen molar-refractivity contribution >= 4 is 0 Å². The smallest absolute Gasteiger partial charge is 0.257 e. The quantitative estimate of drug-likeness (QED) is 0.919. The summed E-state index contributed by atoms with van der Waals surface area (Å²) in [4.78, 5) is 4.51. The first-order valence-corrected chi connectivity index (χ1v) is 7.74. The third kappa shape index (κ3) is 3.72. The molecule has 2 heterocycles. The molecule has 0 unspecified atom stereocenters. The lowest BCUT2D eigenvalue weighted by Crippen LogP contribution is -2.19. The molecule has 1 fully saturated rings. The molecule has 5 nitrogen and oxygen atoms in total. The van der Waals surface area contributed by atoms with Crippen molar-refractivity contribution in [1.82, 2.24) is 10.1 Å². The SMILES string of the molecule is CC(C)(O)CCc1cccc(-c2nc([C@H]3CCOC3)no2)c1. The van der Waals surface area contributed by atoms with Crippen molar-refractivity contribution in [1.29, 1.82) is 0 Å². The highest BCUT2D eigenvalue weighted by atomic mass is 16.5. The van der Waals surface area contributed by atoms with E-state index in [1.54, 1.807) is 0 Å². The molecule has 1 atom stereocenters. The number of hydrogen-bond donors (Lipinski definition) is 1. The minimum Gasteiger partial charge on any atom is -0.390 e. The van der Waals surface area contributed by atoms with E-state index in [-0.39, 0.29) is 5.92 Å². The zero-order valence-corrected chi connectivity index (χ0v) is 13.1. The Hall–Kier alpha value is -1.72. The summed E-state index contributed by atoms with van der Waals surface area (Å²) in [5.74, 6) is 1.53. The second-order valence-electron chi connectivity index (χ2n) is 6.53. The van der Waals surface area contributed by atoms with E-state index in [9.17, 15) is 5.11 Å². The van der Waals surface area contributed by atoms with Crippen LogP contribution in [0.4, 0.5) is 0 Å². The molecule has 0 radical (unpaired) electrons. The molecule has 0 aliphatic carbocycles. The maximum Gasteiger partial charge on any atom is 0.257 e. The lowest BCUT2D eigenvalue weighted by molar-refractivity contribution is 0.0714. The van der Waals surface area contributed by atoms with Gasteiger partial charge in [-0.25, -0.2) is 0 Å². The van der Waals surface area contributed by atoms with Gasteiger partial charge >= 0.3 is 0 Å². The average Bonchev–Trinajstić information content (AvgIpc) is 3.15. The van der Waals surface area contributed by atoms with Crippen LogP contribution in [0, 0.1) is 0 Å². The van der Waals surface area contributed by atoms with Crippen LogP contribution in [0.2, 0.25) is 0 Å². The van der Waals surface area contributed by atoms with Crippen LogP contribution in [-0.4, -0.2) is 34.1 Å². The van der Waals surface area contributed by atoms with Crippen LogP contribution >= 0.6 is 0 Å². The molecule has 1 aromatic carbocycles. The van der Waals surface area contributed by atoms with Gasteiger partial charge in [0.25, 0.3) is 5.89 Å². The highest BCUT2D eigenvalue weighted by molar-refractivity contribution is 5.54. The normalized spacial score (nSPS) is 18.8. The first-order valence-electron chi connectivity index (χ1n) is 7.74. The van der Waals surface area contributed by atoms with Crippen LogP contribution in [0.3, 0.4) is 0 Å². The van der Waals surface area contributed by atoms with Gasteiger partial charge in [-0.3, -0.25) is 0 Å². The fourth-order valence-electron chi connectivity index (χ4n) is 2.57. The van der Waals surface area contributed by atoms with Gasteiger partial charge in [0.2, 0.25) is 0 Å². The Balaban J connectivity index is 1.74. The number of ether oxygens (including phenoxy) is 1. The fourth-order valence-corrected chi connectivity index (χ4v) is 2.57. The summed E-state index contributed by atoms with van der Waals surface area (Å²) in [7, 11) is 0. The fraction of sp³-hybridized carbons (Fsp3) is 0.529. The van der Waals surface area contributed by atoms with E-state index in [4.69, 9.17) is 9.26 Å². The van der Waals surface area contributed by atoms with Crippen molar-refractivity contribution in [3.63, 3.8) is 0 Å². The minimum absolute atomic E-state index is 0.246. The molecule has 0 spiro atoms. The second-order valence-corrected chi connectivity index (χ2v) is 6.53. The van der Waals surface area contributed by atoms with Crippen LogP contribution in [-0.2, 0) is 11.2 Å². The Morgan fingerprint density at radius 1 is 1.36 bits per heavy atom. The maximum absolute atomic E-state index is 9.84. The summed E-state index contributed by atoms with van der Waals surface area (Å²) < 4.78 is 10.8. The molecule has 1 saturated heterocycles. The number of aryl methyl sites for hydroxylation is 1. The second kappa shape index (κ2) is 6.18. The molecule has 1 N–H and O–H groups in total. The Morgan fingerprint density at radius 3 is 2.95 bits per heavy atom. The third-order valence-corrected chi connectivity index (χ3v) is 3.94. The zero-order valence-electron chi connectivity index (χ0n) is 13.1. The third-order valence-electron chi connectivity index (χ3n) is 3.94. The van der Waals surface area contributed by atoms with E-state index in [1.165, 1.54) is 0 Å². The number of hydrogen-bond acceptors (Lipinski definition) is 5. The predicted octanol–water partition coefficient (Wildman–Crippen LogP) is 2.94. The molecule has 0 saturated carbocycles. The summed E-state index contributed by atoms with van der Waals surface area (Å²) in [6.45, 7) is 5.08. The van der Waals surface area contributed by atoms with E-state index < -0.39 is 5.60 Å². The Morgan fingerprint density at radius 2 is 2.23 bits per heavy atom. The molecule has 1 aliphatic heterocycles. The lowest BCUT2D eigenvalue weighted by atomic mass is 9.98. The van der Waals surface area contributed by atoms with Crippen LogP contribution in [0.5, 0.6) is 0 Å². The van der Waals surface area contributed by atoms with Gasteiger partial charge in [0.1, 0.15) is 0 Å². The molecule has 118 valence electrons. The first-order chi connectivity index (χ1) is 10.5. The molecule has 0 amide bonds. The molecular weight excluding hydrogens is 280 g/mol. The van der Waals surface area contributed by atoms with Crippen LogP contribution < -0.4 is 0 Å². The van der Waals surface area contributed by atoms with Gasteiger partial charge in [0.15, 0.2) is 5.82 Å². The molecular formula is C17H22N2O3. The number of nitrogens with zero attached hydrogens (tertiary/aromatic N) is 2. The van der Waals surface area contributed by atoms with Crippen molar-refractivity contribution in [3.05, 3.63) is 35.7 Å². The highest BCUT2D eigenvalue weighted by Gasteiger charge is 2.23. The van der Waals surface area contributed by atoms with Gasteiger partial charge in [-0.2, -0.15) is 4.98 Å². The Bertz CT molecular complexity index is 625. The van der Waals surface area contributed by atoms with Gasteiger partial charge in [-0.15, -0.1) is 0 Å². The Kier molecular flexibility index (Phi) is 4.27. The van der Waals surface area contributed by atoms with E-state index >= 15 is 0 Å². The molecule has 1 aliphatic rings. The van der Waals surface area contributed by atoms with E-state index in [1.807, 2.05) is 32.0 Å². The number of aromatic nitrogens is 2. The standard InChI is InChI=1S/C17H22N2O3/c1-17(2,20)8-6-12-4-3-5-13(10-12)16-18-15(19-22-16)14-7-9-21-11-14/h3-5,10,14,20H,6-9,11H2,1-2H3/t14-/m0/s1. The van der Waals surface area contributed by atoms with Crippen molar-refractivity contribution < 1.29 is 14.4 Å². The van der Waals surface area contributed by atoms with Gasteiger partial charge in [-0.05, 0) is 50.8 Å². The molecule has 2 aromatic rings. The average molecular weight is 302 g/mol. The monoisotopic (exact) mass is 302 g/mol. The van der Waals surface area contributed by atoms with Crippen molar-refractivity contribution in [2.24, 2.45) is 0 Å². The predicted molar refractivity (Wildman–Crippen MR) is 82.5 cm³/mol. The summed E-state index contributed by atoms with van der Waals surface area (Å²) in [5.41, 5.74) is 1.42. The van der Waals surface area contributed by atoms with Gasteiger partial charge in [-0.1, -0.05) is 17.3 Å². The zero-order chi connectivity index (χ0) is 15.6. The summed E-state index contributed by atoms with van der Waals surface area (Å²) in [6.07, 6.45) is 2.48. The number of aliphatic hydroxyl groups is 1. The van der Waals surface area contributed by atoms with Gasteiger partial charge in [0.05, 0.1) is 12.2 Å². The molecule has 1 aromatic heterocycles. The van der Waals surface area contributed by atoms with Crippen molar-refractivity contribution in [3.8, 4) is 11.5 Å². The Labute approximate surface area is 130 Å². The molecule has 0 bridgehead atoms. The molecule has 5 heteroatoms. The van der Waals surface area contributed by atoms with E-state index in [0.717, 1.165) is 36.4 Å². The molecule has 3 rings (SSSR count).